The molecule has 0 fully saturated rings. The monoisotopic (exact) mass is 332 g/mol. The molecular formula is C21H20N2O2. The van der Waals surface area contributed by atoms with E-state index in [0.717, 1.165) is 17.1 Å². The number of aryl methyl sites for hydroxylation is 1. The second kappa shape index (κ2) is 8.02. The largest absolute Gasteiger partial charge is 0.484 e. The number of ether oxygens (including phenoxy) is 1. The molecule has 0 unspecified atom stereocenters. The van der Waals surface area contributed by atoms with Crippen LogP contribution in [-0.4, -0.2) is 12.5 Å². The van der Waals surface area contributed by atoms with Gasteiger partial charge in [0.05, 0.1) is 0 Å². The Kier molecular flexibility index (Phi) is 5.32. The maximum atomic E-state index is 11.9. The highest BCUT2D eigenvalue weighted by Crippen LogP contribution is 2.19. The van der Waals surface area contributed by atoms with Crippen LogP contribution in [0.3, 0.4) is 0 Å². The van der Waals surface area contributed by atoms with Gasteiger partial charge in [-0.05, 0) is 61.0 Å². The molecule has 1 amide bonds. The zero-order valence-corrected chi connectivity index (χ0v) is 14.0. The molecule has 3 aromatic rings. The van der Waals surface area contributed by atoms with E-state index in [1.54, 1.807) is 0 Å². The topological polar surface area (TPSA) is 50.4 Å². The van der Waals surface area contributed by atoms with Gasteiger partial charge < -0.3 is 15.4 Å². The van der Waals surface area contributed by atoms with Crippen molar-refractivity contribution in [3.63, 3.8) is 0 Å². The van der Waals surface area contributed by atoms with Crippen LogP contribution in [0.15, 0.2) is 78.9 Å². The fourth-order valence-electron chi connectivity index (χ4n) is 2.39. The highest BCUT2D eigenvalue weighted by atomic mass is 16.5. The van der Waals surface area contributed by atoms with Crippen molar-refractivity contribution in [1.82, 2.24) is 0 Å². The summed E-state index contributed by atoms with van der Waals surface area (Å²) in [6.45, 7) is 2.04. The minimum Gasteiger partial charge on any atom is -0.484 e. The van der Waals surface area contributed by atoms with Crippen LogP contribution in [0.25, 0.3) is 0 Å². The number of carbonyl (C=O) groups excluding carboxylic acids is 1. The number of rotatable bonds is 6. The van der Waals surface area contributed by atoms with Crippen LogP contribution >= 0.6 is 0 Å². The van der Waals surface area contributed by atoms with Gasteiger partial charge in [-0.3, -0.25) is 4.79 Å². The van der Waals surface area contributed by atoms with Crippen molar-refractivity contribution in [2.24, 2.45) is 0 Å². The molecule has 3 rings (SSSR count). The number of hydrogen-bond donors (Lipinski definition) is 2. The van der Waals surface area contributed by atoms with Gasteiger partial charge in [-0.1, -0.05) is 30.3 Å². The van der Waals surface area contributed by atoms with Gasteiger partial charge in [0, 0.05) is 17.1 Å². The van der Waals surface area contributed by atoms with Crippen molar-refractivity contribution >= 4 is 23.0 Å². The molecule has 0 spiro atoms. The molecule has 25 heavy (non-hydrogen) atoms. The van der Waals surface area contributed by atoms with Crippen LogP contribution in [0.5, 0.6) is 5.75 Å². The fraction of sp³-hybridized carbons (Fsp3) is 0.0952. The van der Waals surface area contributed by atoms with E-state index in [0.29, 0.717) is 5.75 Å². The Labute approximate surface area is 147 Å². The lowest BCUT2D eigenvalue weighted by Crippen LogP contribution is -2.20. The number of hydrogen-bond acceptors (Lipinski definition) is 3. The van der Waals surface area contributed by atoms with Crippen molar-refractivity contribution in [3.05, 3.63) is 84.4 Å². The van der Waals surface area contributed by atoms with Gasteiger partial charge in [0.1, 0.15) is 5.75 Å². The molecule has 0 atom stereocenters. The Morgan fingerprint density at radius 2 is 1.56 bits per heavy atom. The van der Waals surface area contributed by atoms with Gasteiger partial charge in [0.25, 0.3) is 5.91 Å². The molecule has 0 aliphatic rings. The smallest absolute Gasteiger partial charge is 0.262 e. The molecule has 2 N–H and O–H groups in total. The molecule has 3 aromatic carbocycles. The number of carbonyl (C=O) groups is 1. The van der Waals surface area contributed by atoms with Gasteiger partial charge in [-0.15, -0.1) is 0 Å². The number of anilines is 3. The van der Waals surface area contributed by atoms with Gasteiger partial charge in [-0.25, -0.2) is 0 Å². The quantitative estimate of drug-likeness (QED) is 0.684. The van der Waals surface area contributed by atoms with Crippen molar-refractivity contribution in [1.29, 1.82) is 0 Å². The lowest BCUT2D eigenvalue weighted by Gasteiger charge is -2.10. The molecule has 0 radical (unpaired) electrons. The lowest BCUT2D eigenvalue weighted by atomic mass is 10.2. The first-order valence-corrected chi connectivity index (χ1v) is 8.10. The van der Waals surface area contributed by atoms with Crippen LogP contribution in [0, 0.1) is 6.92 Å². The summed E-state index contributed by atoms with van der Waals surface area (Å²) in [5.41, 5.74) is 3.93. The van der Waals surface area contributed by atoms with Gasteiger partial charge in [0.15, 0.2) is 6.61 Å². The zero-order valence-electron chi connectivity index (χ0n) is 14.0. The highest BCUT2D eigenvalue weighted by molar-refractivity contribution is 5.92. The summed E-state index contributed by atoms with van der Waals surface area (Å²) >= 11 is 0. The second-order valence-corrected chi connectivity index (χ2v) is 5.72. The van der Waals surface area contributed by atoms with E-state index >= 15 is 0 Å². The first-order valence-electron chi connectivity index (χ1n) is 8.10. The number of amides is 1. The van der Waals surface area contributed by atoms with Crippen LogP contribution in [-0.2, 0) is 4.79 Å². The van der Waals surface area contributed by atoms with Crippen LogP contribution < -0.4 is 15.4 Å². The first kappa shape index (κ1) is 16.6. The van der Waals surface area contributed by atoms with E-state index in [9.17, 15) is 4.79 Å². The Morgan fingerprint density at radius 1 is 0.840 bits per heavy atom. The number of benzene rings is 3. The summed E-state index contributed by atoms with van der Waals surface area (Å²) in [6, 6.07) is 25.0. The predicted octanol–water partition coefficient (Wildman–Crippen LogP) is 4.76. The third-order valence-corrected chi connectivity index (χ3v) is 3.59. The third kappa shape index (κ3) is 5.11. The lowest BCUT2D eigenvalue weighted by molar-refractivity contribution is -0.118. The normalized spacial score (nSPS) is 10.1. The molecule has 0 aromatic heterocycles. The van der Waals surface area contributed by atoms with E-state index in [-0.39, 0.29) is 12.5 Å². The molecule has 0 aliphatic heterocycles. The predicted molar refractivity (Wildman–Crippen MR) is 101 cm³/mol. The average Bonchev–Trinajstić information content (AvgIpc) is 2.63. The molecule has 126 valence electrons. The summed E-state index contributed by atoms with van der Waals surface area (Å²) in [5, 5.41) is 6.16. The van der Waals surface area contributed by atoms with Crippen LogP contribution in [0.4, 0.5) is 17.1 Å². The second-order valence-electron chi connectivity index (χ2n) is 5.72. The Bertz CT molecular complexity index is 830. The van der Waals surface area contributed by atoms with E-state index in [1.807, 2.05) is 66.7 Å². The van der Waals surface area contributed by atoms with Crippen LogP contribution in [0.1, 0.15) is 5.56 Å². The van der Waals surface area contributed by atoms with Gasteiger partial charge in [-0.2, -0.15) is 0 Å². The molecule has 0 bridgehead atoms. The summed E-state index contributed by atoms with van der Waals surface area (Å²) in [6.07, 6.45) is 0. The molecule has 0 saturated carbocycles. The molecular weight excluding hydrogens is 312 g/mol. The molecule has 0 heterocycles. The summed E-state index contributed by atoms with van der Waals surface area (Å²) < 4.78 is 5.43. The molecule has 0 aliphatic carbocycles. The first-order chi connectivity index (χ1) is 12.2. The van der Waals surface area contributed by atoms with E-state index in [2.05, 4.69) is 29.7 Å². The van der Waals surface area contributed by atoms with Crippen molar-refractivity contribution in [2.75, 3.05) is 17.2 Å². The zero-order chi connectivity index (χ0) is 17.5. The highest BCUT2D eigenvalue weighted by Gasteiger charge is 2.04. The SMILES string of the molecule is Cc1cccc(Nc2ccc(NC(=O)COc3ccccc3)cc2)c1. The third-order valence-electron chi connectivity index (χ3n) is 3.59. The van der Waals surface area contributed by atoms with Gasteiger partial charge >= 0.3 is 0 Å². The standard InChI is InChI=1S/C21H20N2O2/c1-16-6-5-7-19(14-16)22-17-10-12-18(13-11-17)23-21(24)15-25-20-8-3-2-4-9-20/h2-14,22H,15H2,1H3,(H,23,24). The summed E-state index contributed by atoms with van der Waals surface area (Å²) in [5.74, 6) is 0.485. The molecule has 4 heteroatoms. The van der Waals surface area contributed by atoms with Crippen molar-refractivity contribution < 1.29 is 9.53 Å². The number of para-hydroxylation sites is 1. The Balaban J connectivity index is 1.52. The summed E-state index contributed by atoms with van der Waals surface area (Å²) in [7, 11) is 0. The maximum absolute atomic E-state index is 11.9. The van der Waals surface area contributed by atoms with E-state index in [4.69, 9.17) is 4.74 Å². The molecule has 4 nitrogen and oxygen atoms in total. The van der Waals surface area contributed by atoms with Crippen molar-refractivity contribution in [2.45, 2.75) is 6.92 Å². The van der Waals surface area contributed by atoms with Crippen molar-refractivity contribution in [3.8, 4) is 5.75 Å². The minimum absolute atomic E-state index is 0.0205. The Hall–Kier alpha value is -3.27. The van der Waals surface area contributed by atoms with Gasteiger partial charge in [0.2, 0.25) is 0 Å². The van der Waals surface area contributed by atoms with E-state index < -0.39 is 0 Å². The minimum atomic E-state index is -0.191. The summed E-state index contributed by atoms with van der Waals surface area (Å²) in [4.78, 5) is 11.9. The van der Waals surface area contributed by atoms with Crippen LogP contribution in [0.2, 0.25) is 0 Å². The molecule has 0 saturated heterocycles. The average molecular weight is 332 g/mol. The van der Waals surface area contributed by atoms with E-state index in [1.165, 1.54) is 5.56 Å². The maximum Gasteiger partial charge on any atom is 0.262 e. The Morgan fingerprint density at radius 3 is 2.28 bits per heavy atom. The fourth-order valence-corrected chi connectivity index (χ4v) is 2.39. The number of nitrogens with one attached hydrogen (secondary N) is 2.